The average Bonchev–Trinajstić information content (AvgIpc) is 2.77. The summed E-state index contributed by atoms with van der Waals surface area (Å²) in [6.45, 7) is 14.5. The van der Waals surface area contributed by atoms with Gasteiger partial charge in [0.15, 0.2) is 0 Å². The predicted octanol–water partition coefficient (Wildman–Crippen LogP) is 4.94. The summed E-state index contributed by atoms with van der Waals surface area (Å²) in [6.07, 6.45) is 1.11. The van der Waals surface area contributed by atoms with Crippen molar-refractivity contribution in [1.29, 1.82) is 0 Å². The molecule has 0 unspecified atom stereocenters. The van der Waals surface area contributed by atoms with Gasteiger partial charge in [0.2, 0.25) is 5.88 Å². The van der Waals surface area contributed by atoms with Crippen LogP contribution in [0.15, 0.2) is 24.3 Å². The van der Waals surface area contributed by atoms with E-state index in [1.165, 1.54) is 11.3 Å². The van der Waals surface area contributed by atoms with Gasteiger partial charge in [-0.3, -0.25) is 4.68 Å². The lowest BCUT2D eigenvalue weighted by Gasteiger charge is -2.11. The van der Waals surface area contributed by atoms with Gasteiger partial charge in [-0.25, -0.2) is 0 Å². The first-order chi connectivity index (χ1) is 11.3. The molecule has 0 bridgehead atoms. The van der Waals surface area contributed by atoms with Gasteiger partial charge in [-0.15, -0.1) is 5.10 Å². The molecule has 0 spiro atoms. The second-order valence-corrected chi connectivity index (χ2v) is 7.06. The molecule has 0 aliphatic rings. The molecule has 24 heavy (non-hydrogen) atoms. The van der Waals surface area contributed by atoms with Gasteiger partial charge in [-0.2, -0.15) is 0 Å². The standard InChI is InChI=1S/C20H30N2O2/c1-13(2)22-16(7)19(20(21-22)24-15(5)6)12-17-8-10-18(11-9-17)23-14(3)4/h8-11,13-15H,12H2,1-7H3. The first-order valence-electron chi connectivity index (χ1n) is 8.78. The molecule has 2 aromatic rings. The Labute approximate surface area is 145 Å². The summed E-state index contributed by atoms with van der Waals surface area (Å²) < 4.78 is 13.7. The molecule has 0 atom stereocenters. The summed E-state index contributed by atoms with van der Waals surface area (Å²) in [7, 11) is 0. The molecule has 0 saturated carbocycles. The molecule has 0 saturated heterocycles. The quantitative estimate of drug-likeness (QED) is 0.721. The van der Waals surface area contributed by atoms with Crippen LogP contribution >= 0.6 is 0 Å². The van der Waals surface area contributed by atoms with Crippen LogP contribution < -0.4 is 9.47 Å². The first-order valence-corrected chi connectivity index (χ1v) is 8.78. The van der Waals surface area contributed by atoms with Crippen LogP contribution in [0.4, 0.5) is 0 Å². The maximum Gasteiger partial charge on any atom is 0.236 e. The predicted molar refractivity (Wildman–Crippen MR) is 98.1 cm³/mol. The van der Waals surface area contributed by atoms with E-state index >= 15 is 0 Å². The summed E-state index contributed by atoms with van der Waals surface area (Å²) in [5.41, 5.74) is 3.56. The number of benzene rings is 1. The number of hydrogen-bond acceptors (Lipinski definition) is 3. The fourth-order valence-corrected chi connectivity index (χ4v) is 2.71. The minimum absolute atomic E-state index is 0.112. The number of hydrogen-bond donors (Lipinski definition) is 0. The van der Waals surface area contributed by atoms with Crippen LogP contribution in [0.25, 0.3) is 0 Å². The maximum atomic E-state index is 5.95. The van der Waals surface area contributed by atoms with Crippen molar-refractivity contribution in [3.05, 3.63) is 41.1 Å². The zero-order valence-electron chi connectivity index (χ0n) is 16.0. The minimum Gasteiger partial charge on any atom is -0.491 e. The van der Waals surface area contributed by atoms with Crippen molar-refractivity contribution in [2.75, 3.05) is 0 Å². The third kappa shape index (κ3) is 4.53. The molecule has 4 nitrogen and oxygen atoms in total. The summed E-state index contributed by atoms with van der Waals surface area (Å²) >= 11 is 0. The fraction of sp³-hybridized carbons (Fsp3) is 0.550. The molecule has 0 radical (unpaired) electrons. The molecule has 1 heterocycles. The second-order valence-electron chi connectivity index (χ2n) is 7.06. The van der Waals surface area contributed by atoms with Crippen LogP contribution in [-0.2, 0) is 6.42 Å². The van der Waals surface area contributed by atoms with Crippen LogP contribution in [0.2, 0.25) is 0 Å². The van der Waals surface area contributed by atoms with Crippen molar-refractivity contribution in [3.8, 4) is 11.6 Å². The second kappa shape index (κ2) is 7.73. The topological polar surface area (TPSA) is 36.3 Å². The monoisotopic (exact) mass is 330 g/mol. The van der Waals surface area contributed by atoms with Crippen LogP contribution in [0.5, 0.6) is 11.6 Å². The van der Waals surface area contributed by atoms with Gasteiger partial charge in [-0.1, -0.05) is 12.1 Å². The van der Waals surface area contributed by atoms with E-state index in [1.54, 1.807) is 0 Å². The lowest BCUT2D eigenvalue weighted by molar-refractivity contribution is 0.227. The molecule has 4 heteroatoms. The van der Waals surface area contributed by atoms with Crippen molar-refractivity contribution < 1.29 is 9.47 Å². The zero-order valence-corrected chi connectivity index (χ0v) is 16.0. The minimum atomic E-state index is 0.112. The Morgan fingerprint density at radius 2 is 1.50 bits per heavy atom. The number of aromatic nitrogens is 2. The number of nitrogens with zero attached hydrogens (tertiary/aromatic N) is 2. The Balaban J connectivity index is 2.27. The molecule has 1 aromatic heterocycles. The Morgan fingerprint density at radius 3 is 2.00 bits per heavy atom. The van der Waals surface area contributed by atoms with E-state index in [9.17, 15) is 0 Å². The van der Waals surface area contributed by atoms with E-state index in [0.29, 0.717) is 6.04 Å². The molecule has 0 N–H and O–H groups in total. The van der Waals surface area contributed by atoms with Crippen LogP contribution in [0, 0.1) is 6.92 Å². The maximum absolute atomic E-state index is 5.95. The van der Waals surface area contributed by atoms with Gasteiger partial charge in [0.05, 0.1) is 12.2 Å². The van der Waals surface area contributed by atoms with Crippen LogP contribution in [0.1, 0.15) is 64.4 Å². The lowest BCUT2D eigenvalue weighted by atomic mass is 10.0. The van der Waals surface area contributed by atoms with Gasteiger partial charge in [0.25, 0.3) is 0 Å². The van der Waals surface area contributed by atoms with E-state index in [0.717, 1.165) is 23.6 Å². The summed E-state index contributed by atoms with van der Waals surface area (Å²) in [5, 5.41) is 4.67. The van der Waals surface area contributed by atoms with Crippen LogP contribution in [0.3, 0.4) is 0 Å². The van der Waals surface area contributed by atoms with Crippen molar-refractivity contribution in [2.24, 2.45) is 0 Å². The third-order valence-electron chi connectivity index (χ3n) is 3.75. The molecule has 2 rings (SSSR count). The summed E-state index contributed by atoms with van der Waals surface area (Å²) in [4.78, 5) is 0. The van der Waals surface area contributed by atoms with E-state index in [2.05, 4.69) is 38.0 Å². The van der Waals surface area contributed by atoms with Crippen molar-refractivity contribution in [3.63, 3.8) is 0 Å². The normalized spacial score (nSPS) is 11.6. The van der Waals surface area contributed by atoms with Gasteiger partial charge in [-0.05, 0) is 66.2 Å². The van der Waals surface area contributed by atoms with Crippen molar-refractivity contribution in [1.82, 2.24) is 9.78 Å². The largest absolute Gasteiger partial charge is 0.491 e. The highest BCUT2D eigenvalue weighted by atomic mass is 16.5. The Hall–Kier alpha value is -1.97. The zero-order chi connectivity index (χ0) is 17.9. The molecular formula is C20H30N2O2. The number of rotatable bonds is 7. The SMILES string of the molecule is Cc1c(Cc2ccc(OC(C)C)cc2)c(OC(C)C)nn1C(C)C. The van der Waals surface area contributed by atoms with Gasteiger partial charge in [0, 0.05) is 23.7 Å². The lowest BCUT2D eigenvalue weighted by Crippen LogP contribution is -2.08. The Bertz CT molecular complexity index is 655. The molecule has 1 aromatic carbocycles. The smallest absolute Gasteiger partial charge is 0.236 e. The number of ether oxygens (including phenoxy) is 2. The molecular weight excluding hydrogens is 300 g/mol. The Kier molecular flexibility index (Phi) is 5.92. The summed E-state index contributed by atoms with van der Waals surface area (Å²) in [5.74, 6) is 1.65. The molecule has 0 fully saturated rings. The average molecular weight is 330 g/mol. The summed E-state index contributed by atoms with van der Waals surface area (Å²) in [6, 6.07) is 8.60. The van der Waals surface area contributed by atoms with Gasteiger partial charge < -0.3 is 9.47 Å². The molecule has 0 aliphatic carbocycles. The highest BCUT2D eigenvalue weighted by Crippen LogP contribution is 2.28. The molecule has 0 amide bonds. The van der Waals surface area contributed by atoms with E-state index in [-0.39, 0.29) is 12.2 Å². The highest BCUT2D eigenvalue weighted by molar-refractivity contribution is 5.38. The Morgan fingerprint density at radius 1 is 0.917 bits per heavy atom. The highest BCUT2D eigenvalue weighted by Gasteiger charge is 2.19. The van der Waals surface area contributed by atoms with Gasteiger partial charge in [0.1, 0.15) is 5.75 Å². The van der Waals surface area contributed by atoms with E-state index < -0.39 is 0 Å². The first kappa shape index (κ1) is 18.4. The van der Waals surface area contributed by atoms with Crippen molar-refractivity contribution >= 4 is 0 Å². The van der Waals surface area contributed by atoms with Crippen LogP contribution in [-0.4, -0.2) is 22.0 Å². The van der Waals surface area contributed by atoms with Crippen molar-refractivity contribution in [2.45, 2.75) is 73.1 Å². The fourth-order valence-electron chi connectivity index (χ4n) is 2.71. The molecule has 0 aliphatic heterocycles. The molecule has 132 valence electrons. The third-order valence-corrected chi connectivity index (χ3v) is 3.75. The van der Waals surface area contributed by atoms with Gasteiger partial charge >= 0.3 is 0 Å². The van der Waals surface area contributed by atoms with E-state index in [4.69, 9.17) is 9.47 Å². The van der Waals surface area contributed by atoms with E-state index in [1.807, 2.05) is 44.5 Å².